The SMILES string of the molecule is CN(C)c1cccc2c(S(=O)(=O)NC(C)(C)C(C)(C)O[N+](=O)[O-])cccc12. The third kappa shape index (κ3) is 4.14. The van der Waals surface area contributed by atoms with Crippen LogP contribution < -0.4 is 9.62 Å². The van der Waals surface area contributed by atoms with Gasteiger partial charge >= 0.3 is 0 Å². The van der Waals surface area contributed by atoms with Crippen molar-refractivity contribution in [2.75, 3.05) is 19.0 Å². The summed E-state index contributed by atoms with van der Waals surface area (Å²) in [6.45, 7) is 6.02. The second-order valence-electron chi connectivity index (χ2n) is 7.58. The number of benzene rings is 2. The molecule has 0 saturated carbocycles. The minimum Gasteiger partial charge on any atom is -0.377 e. The molecule has 0 radical (unpaired) electrons. The Hall–Kier alpha value is -2.39. The predicted octanol–water partition coefficient (Wildman–Crippen LogP) is 2.95. The smallest absolute Gasteiger partial charge is 0.295 e. The lowest BCUT2D eigenvalue weighted by Gasteiger charge is -2.39. The average Bonchev–Trinajstić information content (AvgIpc) is 2.51. The van der Waals surface area contributed by atoms with Crippen LogP contribution >= 0.6 is 0 Å². The molecule has 8 nitrogen and oxygen atoms in total. The molecule has 2 aromatic carbocycles. The Labute approximate surface area is 159 Å². The van der Waals surface area contributed by atoms with Gasteiger partial charge in [-0.2, -0.15) is 0 Å². The summed E-state index contributed by atoms with van der Waals surface area (Å²) in [6, 6.07) is 10.5. The van der Waals surface area contributed by atoms with E-state index in [9.17, 15) is 18.5 Å². The minimum atomic E-state index is -3.98. The molecule has 0 unspecified atom stereocenters. The average molecular weight is 395 g/mol. The topological polar surface area (TPSA) is 102 Å². The van der Waals surface area contributed by atoms with Crippen molar-refractivity contribution in [3.8, 4) is 0 Å². The highest BCUT2D eigenvalue weighted by atomic mass is 32.2. The summed E-state index contributed by atoms with van der Waals surface area (Å²) in [5, 5.41) is 11.2. The van der Waals surface area contributed by atoms with Crippen molar-refractivity contribution in [2.45, 2.75) is 43.7 Å². The summed E-state index contributed by atoms with van der Waals surface area (Å²) in [7, 11) is -0.210. The Morgan fingerprint density at radius 1 is 1.04 bits per heavy atom. The van der Waals surface area contributed by atoms with Gasteiger partial charge in [0.25, 0.3) is 5.09 Å². The van der Waals surface area contributed by atoms with E-state index in [1.165, 1.54) is 19.9 Å². The molecule has 0 aliphatic rings. The molecule has 0 saturated heterocycles. The van der Waals surface area contributed by atoms with Crippen LogP contribution in [0.4, 0.5) is 5.69 Å². The summed E-state index contributed by atoms with van der Waals surface area (Å²) < 4.78 is 28.8. The predicted molar refractivity (Wildman–Crippen MR) is 105 cm³/mol. The Balaban J connectivity index is 2.55. The summed E-state index contributed by atoms with van der Waals surface area (Å²) in [4.78, 5) is 17.5. The number of nitrogens with one attached hydrogen (secondary N) is 1. The van der Waals surface area contributed by atoms with E-state index in [0.717, 1.165) is 11.1 Å². The van der Waals surface area contributed by atoms with E-state index in [2.05, 4.69) is 4.72 Å². The van der Waals surface area contributed by atoms with E-state index in [1.807, 2.05) is 31.1 Å². The summed E-state index contributed by atoms with van der Waals surface area (Å²) in [5.41, 5.74) is -1.75. The van der Waals surface area contributed by atoms with Crippen molar-refractivity contribution < 1.29 is 18.3 Å². The van der Waals surface area contributed by atoms with Crippen LogP contribution in [0.2, 0.25) is 0 Å². The first-order valence-electron chi connectivity index (χ1n) is 8.35. The zero-order valence-electron chi connectivity index (χ0n) is 16.3. The van der Waals surface area contributed by atoms with Gasteiger partial charge in [0.05, 0.1) is 10.4 Å². The normalized spacial score (nSPS) is 12.8. The molecule has 0 aliphatic heterocycles. The van der Waals surface area contributed by atoms with Crippen LogP contribution in [0.5, 0.6) is 0 Å². The number of hydrogen-bond acceptors (Lipinski definition) is 6. The molecular weight excluding hydrogens is 370 g/mol. The van der Waals surface area contributed by atoms with Gasteiger partial charge in [-0.25, -0.2) is 13.1 Å². The third-order valence-electron chi connectivity index (χ3n) is 4.83. The monoisotopic (exact) mass is 395 g/mol. The lowest BCUT2D eigenvalue weighted by Crippen LogP contribution is -2.59. The summed E-state index contributed by atoms with van der Waals surface area (Å²) in [6.07, 6.45) is 0. The van der Waals surface area contributed by atoms with Gasteiger partial charge in [0, 0.05) is 30.6 Å². The van der Waals surface area contributed by atoms with E-state index in [4.69, 9.17) is 4.84 Å². The van der Waals surface area contributed by atoms with E-state index in [0.29, 0.717) is 5.39 Å². The van der Waals surface area contributed by atoms with Crippen molar-refractivity contribution in [1.82, 2.24) is 4.72 Å². The van der Waals surface area contributed by atoms with Gasteiger partial charge in [0.2, 0.25) is 10.0 Å². The number of rotatable bonds is 7. The molecule has 0 amide bonds. The van der Waals surface area contributed by atoms with Crippen LogP contribution in [0, 0.1) is 10.1 Å². The van der Waals surface area contributed by atoms with Gasteiger partial charge in [-0.15, -0.1) is 10.1 Å². The molecule has 0 fully saturated rings. The first-order chi connectivity index (χ1) is 12.3. The highest BCUT2D eigenvalue weighted by Gasteiger charge is 2.43. The molecule has 0 bridgehead atoms. The highest BCUT2D eigenvalue weighted by Crippen LogP contribution is 2.32. The minimum absolute atomic E-state index is 0.105. The lowest BCUT2D eigenvalue weighted by molar-refractivity contribution is -0.781. The Morgan fingerprint density at radius 3 is 2.15 bits per heavy atom. The Morgan fingerprint density at radius 2 is 1.59 bits per heavy atom. The van der Waals surface area contributed by atoms with Gasteiger partial charge < -0.3 is 9.74 Å². The molecule has 0 atom stereocenters. The van der Waals surface area contributed by atoms with Crippen LogP contribution in [-0.2, 0) is 14.9 Å². The maximum atomic E-state index is 13.1. The van der Waals surface area contributed by atoms with Crippen molar-refractivity contribution >= 4 is 26.5 Å². The molecule has 0 aliphatic carbocycles. The molecule has 0 heterocycles. The first kappa shape index (κ1) is 20.9. The van der Waals surface area contributed by atoms with Crippen molar-refractivity contribution in [3.05, 3.63) is 46.5 Å². The second kappa shape index (κ2) is 6.97. The van der Waals surface area contributed by atoms with Crippen LogP contribution in [-0.4, -0.2) is 38.7 Å². The van der Waals surface area contributed by atoms with Crippen molar-refractivity contribution in [2.24, 2.45) is 0 Å². The zero-order valence-corrected chi connectivity index (χ0v) is 17.1. The summed E-state index contributed by atoms with van der Waals surface area (Å²) in [5.74, 6) is 0. The molecule has 1 N–H and O–H groups in total. The molecule has 2 rings (SSSR count). The van der Waals surface area contributed by atoms with Gasteiger partial charge in [-0.05, 0) is 39.8 Å². The van der Waals surface area contributed by atoms with E-state index in [1.54, 1.807) is 32.0 Å². The molecule has 2 aromatic rings. The maximum Gasteiger partial charge on any atom is 0.295 e. The van der Waals surface area contributed by atoms with Crippen LogP contribution in [0.25, 0.3) is 10.8 Å². The number of fused-ring (bicyclic) bond motifs is 1. The number of anilines is 1. The van der Waals surface area contributed by atoms with E-state index in [-0.39, 0.29) is 4.90 Å². The van der Waals surface area contributed by atoms with Crippen LogP contribution in [0.15, 0.2) is 41.3 Å². The first-order valence-corrected chi connectivity index (χ1v) is 9.83. The van der Waals surface area contributed by atoms with Crippen molar-refractivity contribution in [1.29, 1.82) is 0 Å². The summed E-state index contributed by atoms with van der Waals surface area (Å²) >= 11 is 0. The molecule has 27 heavy (non-hydrogen) atoms. The third-order valence-corrected chi connectivity index (χ3v) is 6.54. The molecule has 0 spiro atoms. The van der Waals surface area contributed by atoms with Crippen molar-refractivity contribution in [3.63, 3.8) is 0 Å². The Kier molecular flexibility index (Phi) is 5.40. The fourth-order valence-electron chi connectivity index (χ4n) is 2.70. The van der Waals surface area contributed by atoms with E-state index < -0.39 is 26.2 Å². The fraction of sp³-hybridized carbons (Fsp3) is 0.444. The maximum absolute atomic E-state index is 13.1. The fourth-order valence-corrected chi connectivity index (χ4v) is 4.46. The lowest BCUT2D eigenvalue weighted by atomic mass is 9.87. The van der Waals surface area contributed by atoms with Gasteiger partial charge in [-0.1, -0.05) is 24.3 Å². The second-order valence-corrected chi connectivity index (χ2v) is 9.23. The molecule has 9 heteroatoms. The molecular formula is C18H25N3O5S. The molecule has 0 aromatic heterocycles. The quantitative estimate of drug-likeness (QED) is 0.571. The molecule has 148 valence electrons. The van der Waals surface area contributed by atoms with Crippen LogP contribution in [0.3, 0.4) is 0 Å². The van der Waals surface area contributed by atoms with Gasteiger partial charge in [0.15, 0.2) is 0 Å². The van der Waals surface area contributed by atoms with E-state index >= 15 is 0 Å². The van der Waals surface area contributed by atoms with Gasteiger partial charge in [-0.3, -0.25) is 0 Å². The number of hydrogen-bond donors (Lipinski definition) is 1. The number of nitrogens with zero attached hydrogens (tertiary/aromatic N) is 2. The largest absolute Gasteiger partial charge is 0.377 e. The standard InChI is InChI=1S/C18H25N3O5S/c1-17(2,18(3,4)26-21(22)23)19-27(24,25)16-12-8-9-13-14(16)10-7-11-15(13)20(5)6/h7-12,19H,1-6H3. The van der Waals surface area contributed by atoms with Crippen LogP contribution in [0.1, 0.15) is 27.7 Å². The number of sulfonamides is 1. The zero-order chi connectivity index (χ0) is 20.6. The highest BCUT2D eigenvalue weighted by molar-refractivity contribution is 7.89. The van der Waals surface area contributed by atoms with Gasteiger partial charge in [0.1, 0.15) is 5.60 Å². The Bertz CT molecular complexity index is 968.